The van der Waals surface area contributed by atoms with Crippen LogP contribution in [0, 0.1) is 31.6 Å². The van der Waals surface area contributed by atoms with E-state index in [1.54, 1.807) is 6.07 Å². The Morgan fingerprint density at radius 3 is 2.24 bits per heavy atom. The number of anilines is 1. The molecule has 0 atom stereocenters. The van der Waals surface area contributed by atoms with Crippen molar-refractivity contribution in [2.45, 2.75) is 19.0 Å². The number of nitriles is 1. The average Bonchev–Trinajstić information content (AvgIpc) is 2.33. The number of nitrogens with two attached hydrogens (primary N) is 1. The van der Waals surface area contributed by atoms with Gasteiger partial charge in [0.05, 0.1) is 21.5 Å². The Balaban J connectivity index is 3.80. The van der Waals surface area contributed by atoms with Gasteiger partial charge in [-0.3, -0.25) is 20.2 Å². The second kappa shape index (κ2) is 5.61. The summed E-state index contributed by atoms with van der Waals surface area (Å²) in [4.78, 5) is 19.1. The van der Waals surface area contributed by atoms with Crippen molar-refractivity contribution in [1.29, 1.82) is 5.26 Å². The molecule has 0 saturated heterocycles. The molecule has 1 aromatic rings. The highest BCUT2D eigenvalue weighted by Crippen LogP contribution is 2.43. The number of rotatable bonds is 4. The Morgan fingerprint density at radius 2 is 1.86 bits per heavy atom. The predicted octanol–water partition coefficient (Wildman–Crippen LogP) is 2.56. The number of nitrogen functional groups attached to an aromatic ring is 1. The lowest BCUT2D eigenvalue weighted by Crippen LogP contribution is -2.14. The first kappa shape index (κ1) is 16.2. The highest BCUT2D eigenvalue weighted by Gasteiger charge is 2.41. The van der Waals surface area contributed by atoms with Crippen molar-refractivity contribution >= 4 is 17.1 Å². The van der Waals surface area contributed by atoms with Gasteiger partial charge in [-0.25, -0.2) is 0 Å². The highest BCUT2D eigenvalue weighted by molar-refractivity contribution is 5.76. The smallest absolute Gasteiger partial charge is 0.387 e. The van der Waals surface area contributed by atoms with Gasteiger partial charge in [0.25, 0.3) is 5.69 Å². The Labute approximate surface area is 114 Å². The van der Waals surface area contributed by atoms with E-state index in [4.69, 9.17) is 11.0 Å². The Hall–Kier alpha value is -2.90. The summed E-state index contributed by atoms with van der Waals surface area (Å²) < 4.78 is 38.8. The molecule has 0 aromatic heterocycles. The Bertz CT molecular complexity index is 651. The first-order valence-corrected chi connectivity index (χ1v) is 5.29. The molecule has 0 bridgehead atoms. The van der Waals surface area contributed by atoms with Crippen LogP contribution in [0.2, 0.25) is 0 Å². The lowest BCUT2D eigenvalue weighted by molar-refractivity contribution is -0.393. The minimum absolute atomic E-state index is 0.148. The van der Waals surface area contributed by atoms with Gasteiger partial charge in [0.2, 0.25) is 0 Å². The quantitative estimate of drug-likeness (QED) is 0.515. The monoisotopic (exact) mass is 304 g/mol. The van der Waals surface area contributed by atoms with Crippen molar-refractivity contribution < 1.29 is 23.0 Å². The molecule has 0 fully saturated rings. The Morgan fingerprint density at radius 1 is 1.29 bits per heavy atom. The van der Waals surface area contributed by atoms with Crippen LogP contribution in [0.25, 0.3) is 0 Å². The molecule has 0 radical (unpaired) electrons. The van der Waals surface area contributed by atoms with E-state index in [9.17, 15) is 33.4 Å². The van der Waals surface area contributed by atoms with Crippen molar-refractivity contribution in [3.8, 4) is 6.07 Å². The third-order valence-corrected chi connectivity index (χ3v) is 2.59. The van der Waals surface area contributed by atoms with Gasteiger partial charge < -0.3 is 5.73 Å². The van der Waals surface area contributed by atoms with E-state index >= 15 is 0 Å². The molecule has 112 valence electrons. The van der Waals surface area contributed by atoms with Crippen molar-refractivity contribution in [2.24, 2.45) is 0 Å². The zero-order valence-corrected chi connectivity index (χ0v) is 10.2. The fourth-order valence-electron chi connectivity index (χ4n) is 1.76. The number of hydrogen-bond donors (Lipinski definition) is 1. The molecule has 0 amide bonds. The van der Waals surface area contributed by atoms with Crippen LogP contribution in [0.5, 0.6) is 0 Å². The van der Waals surface area contributed by atoms with Crippen molar-refractivity contribution in [2.75, 3.05) is 5.73 Å². The SMILES string of the molecule is N#CCCc1c(C(F)(F)F)cc([N+](=O)[O-])c(N)c1[N+](=O)[O-]. The van der Waals surface area contributed by atoms with Crippen LogP contribution in [-0.2, 0) is 12.6 Å². The van der Waals surface area contributed by atoms with Gasteiger partial charge in [0.15, 0.2) is 5.69 Å². The van der Waals surface area contributed by atoms with Crippen molar-refractivity contribution in [1.82, 2.24) is 0 Å². The molecule has 0 heterocycles. The molecule has 8 nitrogen and oxygen atoms in total. The van der Waals surface area contributed by atoms with Gasteiger partial charge in [0, 0.05) is 18.1 Å². The number of nitrogens with zero attached hydrogens (tertiary/aromatic N) is 3. The molecule has 0 aliphatic carbocycles. The second-order valence-corrected chi connectivity index (χ2v) is 3.85. The summed E-state index contributed by atoms with van der Waals surface area (Å²) in [6.07, 6.45) is -6.07. The number of nitro benzene ring substituents is 2. The first-order chi connectivity index (χ1) is 9.61. The standard InChI is InChI=1S/C10H7F3N4O4/c11-10(12,13)6-4-7(16(18)19)8(15)9(17(20)21)5(6)2-1-3-14/h4H,1-2,15H2. The lowest BCUT2D eigenvalue weighted by atomic mass is 9.98. The fraction of sp³-hybridized carbons (Fsp3) is 0.300. The maximum absolute atomic E-state index is 12.9. The normalized spacial score (nSPS) is 11.0. The van der Waals surface area contributed by atoms with E-state index in [0.717, 1.165) is 0 Å². The van der Waals surface area contributed by atoms with Crippen molar-refractivity contribution in [3.05, 3.63) is 37.4 Å². The van der Waals surface area contributed by atoms with Gasteiger partial charge in [-0.2, -0.15) is 18.4 Å². The highest BCUT2D eigenvalue weighted by atomic mass is 19.4. The summed E-state index contributed by atoms with van der Waals surface area (Å²) in [5.74, 6) is 0. The predicted molar refractivity (Wildman–Crippen MR) is 63.1 cm³/mol. The van der Waals surface area contributed by atoms with Crippen LogP contribution in [0.4, 0.5) is 30.2 Å². The van der Waals surface area contributed by atoms with E-state index in [0.29, 0.717) is 0 Å². The number of nitro groups is 2. The molecule has 21 heavy (non-hydrogen) atoms. The third kappa shape index (κ3) is 3.16. The summed E-state index contributed by atoms with van der Waals surface area (Å²) in [7, 11) is 0. The van der Waals surface area contributed by atoms with Crippen LogP contribution in [0.3, 0.4) is 0 Å². The minimum Gasteiger partial charge on any atom is -0.387 e. The molecule has 11 heteroatoms. The summed E-state index contributed by atoms with van der Waals surface area (Å²) in [5, 5.41) is 30.0. The van der Waals surface area contributed by atoms with Crippen molar-refractivity contribution in [3.63, 3.8) is 0 Å². The molecular weight excluding hydrogens is 297 g/mol. The zero-order valence-electron chi connectivity index (χ0n) is 10.2. The van der Waals surface area contributed by atoms with Gasteiger partial charge in [-0.15, -0.1) is 0 Å². The maximum Gasteiger partial charge on any atom is 0.417 e. The third-order valence-electron chi connectivity index (χ3n) is 2.59. The molecule has 0 spiro atoms. The Kier molecular flexibility index (Phi) is 4.32. The van der Waals surface area contributed by atoms with Gasteiger partial charge in [0.1, 0.15) is 0 Å². The number of hydrogen-bond acceptors (Lipinski definition) is 6. The topological polar surface area (TPSA) is 136 Å². The summed E-state index contributed by atoms with van der Waals surface area (Å²) in [6.45, 7) is 0. The molecule has 1 rings (SSSR count). The van der Waals surface area contributed by atoms with Crippen LogP contribution in [-0.4, -0.2) is 9.85 Å². The molecule has 1 aromatic carbocycles. The minimum atomic E-state index is -5.05. The largest absolute Gasteiger partial charge is 0.417 e. The molecule has 0 unspecified atom stereocenters. The lowest BCUT2D eigenvalue weighted by Gasteiger charge is -2.13. The van der Waals surface area contributed by atoms with E-state index in [2.05, 4.69) is 0 Å². The molecule has 0 aliphatic heterocycles. The van der Waals surface area contributed by atoms with Gasteiger partial charge >= 0.3 is 11.9 Å². The fourth-order valence-corrected chi connectivity index (χ4v) is 1.76. The maximum atomic E-state index is 12.9. The van der Waals surface area contributed by atoms with E-state index in [1.807, 2.05) is 0 Å². The van der Waals surface area contributed by atoms with Crippen LogP contribution in [0.15, 0.2) is 6.07 Å². The summed E-state index contributed by atoms with van der Waals surface area (Å²) >= 11 is 0. The second-order valence-electron chi connectivity index (χ2n) is 3.85. The van der Waals surface area contributed by atoms with E-state index in [1.165, 1.54) is 0 Å². The first-order valence-electron chi connectivity index (χ1n) is 5.29. The van der Waals surface area contributed by atoms with Crippen LogP contribution < -0.4 is 5.73 Å². The van der Waals surface area contributed by atoms with E-state index in [-0.39, 0.29) is 6.07 Å². The molecular formula is C10H7F3N4O4. The zero-order chi connectivity index (χ0) is 16.4. The van der Waals surface area contributed by atoms with Crippen LogP contribution in [0.1, 0.15) is 17.5 Å². The van der Waals surface area contributed by atoms with Gasteiger partial charge in [-0.05, 0) is 6.42 Å². The number of alkyl halides is 3. The number of benzene rings is 1. The average molecular weight is 304 g/mol. The summed E-state index contributed by atoms with van der Waals surface area (Å²) in [6, 6.07) is 1.70. The molecule has 2 N–H and O–H groups in total. The van der Waals surface area contributed by atoms with E-state index < -0.39 is 57.1 Å². The molecule has 0 saturated carbocycles. The molecule has 0 aliphatic rings. The number of halogens is 3. The van der Waals surface area contributed by atoms with Gasteiger partial charge in [-0.1, -0.05) is 0 Å². The summed E-state index contributed by atoms with van der Waals surface area (Å²) in [5.41, 5.74) is -0.491. The van der Waals surface area contributed by atoms with Crippen LogP contribution >= 0.6 is 0 Å².